The summed E-state index contributed by atoms with van der Waals surface area (Å²) < 4.78 is 15.8. The van der Waals surface area contributed by atoms with Crippen LogP contribution < -0.4 is 72.2 Å². The van der Waals surface area contributed by atoms with E-state index in [1.165, 1.54) is 11.7 Å². The van der Waals surface area contributed by atoms with Gasteiger partial charge in [0.15, 0.2) is 17.0 Å². The molecule has 1 fully saturated rings. The van der Waals surface area contributed by atoms with E-state index in [2.05, 4.69) is 10.3 Å². The van der Waals surface area contributed by atoms with Gasteiger partial charge in [-0.05, 0) is 13.1 Å². The van der Waals surface area contributed by atoms with Crippen LogP contribution >= 0.6 is 0 Å². The molecular formula is C16H18FKN4O4. The van der Waals surface area contributed by atoms with Gasteiger partial charge in [-0.2, -0.15) is 0 Å². The Morgan fingerprint density at radius 2 is 1.92 bits per heavy atom. The first-order valence-corrected chi connectivity index (χ1v) is 7.78. The number of carboxylic acids is 1. The number of hydrogen-bond donors (Lipinski definition) is 2. The summed E-state index contributed by atoms with van der Waals surface area (Å²) in [5.74, 6) is -2.85. The van der Waals surface area contributed by atoms with E-state index in [4.69, 9.17) is 0 Å². The zero-order chi connectivity index (χ0) is 18.3. The van der Waals surface area contributed by atoms with E-state index in [1.807, 2.05) is 7.05 Å². The molecule has 1 aliphatic heterocycles. The number of rotatable bonds is 3. The molecule has 0 bridgehead atoms. The van der Waals surface area contributed by atoms with Crippen LogP contribution in [0.25, 0.3) is 10.9 Å². The van der Waals surface area contributed by atoms with Crippen LogP contribution in [0.4, 0.5) is 10.1 Å². The number of fused-ring (bicyclic) bond motifs is 1. The topological polar surface area (TPSA) is 101 Å². The van der Waals surface area contributed by atoms with Crippen molar-refractivity contribution in [3.63, 3.8) is 0 Å². The molecule has 2 aromatic rings. The van der Waals surface area contributed by atoms with Gasteiger partial charge in [0.05, 0.1) is 16.9 Å². The number of carbonyl (C=O) groups excluding carboxylic acids is 1. The third-order valence-corrected chi connectivity index (χ3v) is 4.47. The molecule has 0 spiro atoms. The van der Waals surface area contributed by atoms with Crippen LogP contribution in [-0.4, -0.2) is 60.9 Å². The number of nitrogens with zero attached hydrogens (tertiary/aromatic N) is 3. The smallest absolute Gasteiger partial charge is 0.545 e. The van der Waals surface area contributed by atoms with E-state index in [9.17, 15) is 24.2 Å². The van der Waals surface area contributed by atoms with Gasteiger partial charge in [0.25, 0.3) is 0 Å². The summed E-state index contributed by atoms with van der Waals surface area (Å²) in [5.41, 5.74) is 1.17. The molecular weight excluding hydrogens is 370 g/mol. The van der Waals surface area contributed by atoms with E-state index in [-0.39, 0.29) is 68.0 Å². The number of anilines is 1. The maximum atomic E-state index is 14.7. The number of benzene rings is 1. The minimum absolute atomic E-state index is 0. The molecule has 0 radical (unpaired) electrons. The fourth-order valence-corrected chi connectivity index (χ4v) is 3.08. The van der Waals surface area contributed by atoms with Crippen LogP contribution in [0.1, 0.15) is 10.4 Å². The maximum Gasteiger partial charge on any atom is 1.00 e. The SMILES string of the molecule is CNn1cc(C(=O)[O-])c(=O)c2cc(F)c(N3CCN(C)CC3)c(O)c21.[K+]. The number of piperazine rings is 1. The molecule has 0 unspecified atom stereocenters. The molecule has 10 heteroatoms. The molecule has 0 aliphatic carbocycles. The van der Waals surface area contributed by atoms with Crippen molar-refractivity contribution in [2.24, 2.45) is 0 Å². The Balaban J connectivity index is 0.00000243. The fourth-order valence-electron chi connectivity index (χ4n) is 3.08. The second-order valence-corrected chi connectivity index (χ2v) is 6.00. The first-order chi connectivity index (χ1) is 11.8. The van der Waals surface area contributed by atoms with E-state index < -0.39 is 28.5 Å². The molecule has 1 aromatic carbocycles. The summed E-state index contributed by atoms with van der Waals surface area (Å²) in [5, 5.41) is 21.6. The Hall–Kier alpha value is -1.17. The van der Waals surface area contributed by atoms with Crippen molar-refractivity contribution in [3.8, 4) is 5.75 Å². The fraction of sp³-hybridized carbons (Fsp3) is 0.375. The number of carboxylic acid groups (broad SMARTS) is 1. The Morgan fingerprint density at radius 3 is 2.46 bits per heavy atom. The van der Waals surface area contributed by atoms with Gasteiger partial charge < -0.3 is 30.2 Å². The average molecular weight is 388 g/mol. The molecule has 1 aliphatic rings. The molecule has 134 valence electrons. The van der Waals surface area contributed by atoms with Gasteiger partial charge in [-0.1, -0.05) is 0 Å². The molecule has 0 atom stereocenters. The molecule has 1 saturated heterocycles. The molecule has 3 rings (SSSR count). The maximum absolute atomic E-state index is 14.7. The minimum atomic E-state index is -1.67. The van der Waals surface area contributed by atoms with Crippen LogP contribution in [0.2, 0.25) is 0 Å². The van der Waals surface area contributed by atoms with Crippen molar-refractivity contribution >= 4 is 22.6 Å². The second kappa shape index (κ2) is 8.24. The Labute approximate surface area is 191 Å². The quantitative estimate of drug-likeness (QED) is 0.519. The number of hydrogen-bond acceptors (Lipinski definition) is 7. The number of likely N-dealkylation sites (N-methyl/N-ethyl adjacent to an activating group) is 1. The van der Waals surface area contributed by atoms with E-state index in [0.717, 1.165) is 12.3 Å². The minimum Gasteiger partial charge on any atom is -0.545 e. The van der Waals surface area contributed by atoms with Crippen LogP contribution in [-0.2, 0) is 0 Å². The predicted octanol–water partition coefficient (Wildman–Crippen LogP) is -3.86. The number of phenolic OH excluding ortho intramolecular Hbond substituents is 1. The number of aromatic carboxylic acids is 1. The standard InChI is InChI=1S/C16H19FN4O4.K/c1-18-21-8-10(16(24)25)14(22)9-7-11(17)13(15(23)12(9)21)20-5-3-19(2)4-6-20;/h7-8,18,23H,3-6H2,1-2H3,(H,24,25);/q;+1/p-1. The first-order valence-electron chi connectivity index (χ1n) is 7.78. The summed E-state index contributed by atoms with van der Waals surface area (Å²) in [4.78, 5) is 27.2. The van der Waals surface area contributed by atoms with Crippen LogP contribution in [0.3, 0.4) is 0 Å². The molecule has 8 nitrogen and oxygen atoms in total. The summed E-state index contributed by atoms with van der Waals surface area (Å²) >= 11 is 0. The molecule has 1 aromatic heterocycles. The zero-order valence-corrected chi connectivity index (χ0v) is 18.0. The van der Waals surface area contributed by atoms with Crippen molar-refractivity contribution < 1.29 is 70.8 Å². The van der Waals surface area contributed by atoms with Gasteiger partial charge >= 0.3 is 51.4 Å². The van der Waals surface area contributed by atoms with Crippen molar-refractivity contribution in [2.75, 3.05) is 50.6 Å². The average Bonchev–Trinajstić information content (AvgIpc) is 2.57. The second-order valence-electron chi connectivity index (χ2n) is 6.00. The van der Waals surface area contributed by atoms with Crippen molar-refractivity contribution in [2.45, 2.75) is 0 Å². The number of aromatic nitrogens is 1. The molecule has 2 N–H and O–H groups in total. The van der Waals surface area contributed by atoms with Crippen LogP contribution in [0.5, 0.6) is 5.75 Å². The van der Waals surface area contributed by atoms with Gasteiger partial charge in [-0.15, -0.1) is 0 Å². The number of carbonyl (C=O) groups is 1. The molecule has 0 saturated carbocycles. The normalized spacial score (nSPS) is 15.0. The summed E-state index contributed by atoms with van der Waals surface area (Å²) in [6.07, 6.45) is 1.02. The zero-order valence-electron chi connectivity index (χ0n) is 14.9. The summed E-state index contributed by atoms with van der Waals surface area (Å²) in [6, 6.07) is 0.964. The van der Waals surface area contributed by atoms with Crippen molar-refractivity contribution in [3.05, 3.63) is 33.9 Å². The molecule has 2 heterocycles. The summed E-state index contributed by atoms with van der Waals surface area (Å²) in [7, 11) is 3.44. The van der Waals surface area contributed by atoms with Gasteiger partial charge in [-0.25, -0.2) is 4.39 Å². The first kappa shape index (κ1) is 21.1. The molecule has 0 amide bonds. The van der Waals surface area contributed by atoms with Crippen LogP contribution in [0, 0.1) is 5.82 Å². The van der Waals surface area contributed by atoms with Crippen LogP contribution in [0.15, 0.2) is 17.1 Å². The van der Waals surface area contributed by atoms with E-state index >= 15 is 0 Å². The van der Waals surface area contributed by atoms with Crippen molar-refractivity contribution in [1.29, 1.82) is 0 Å². The number of aromatic hydroxyl groups is 1. The van der Waals surface area contributed by atoms with Gasteiger partial charge in [0.2, 0.25) is 0 Å². The monoisotopic (exact) mass is 388 g/mol. The third kappa shape index (κ3) is 3.62. The largest absolute Gasteiger partial charge is 1.00 e. The third-order valence-electron chi connectivity index (χ3n) is 4.47. The predicted molar refractivity (Wildman–Crippen MR) is 89.2 cm³/mol. The number of pyridine rings is 1. The number of halogens is 1. The molecule has 26 heavy (non-hydrogen) atoms. The Morgan fingerprint density at radius 1 is 1.31 bits per heavy atom. The van der Waals surface area contributed by atoms with Gasteiger partial charge in [0.1, 0.15) is 11.2 Å². The Kier molecular flexibility index (Phi) is 6.69. The van der Waals surface area contributed by atoms with Gasteiger partial charge in [-0.3, -0.25) is 9.47 Å². The summed E-state index contributed by atoms with van der Waals surface area (Å²) in [6.45, 7) is 2.46. The number of phenols is 1. The number of nitrogens with one attached hydrogen (secondary N) is 1. The van der Waals surface area contributed by atoms with E-state index in [1.54, 1.807) is 4.90 Å². The van der Waals surface area contributed by atoms with Crippen molar-refractivity contribution in [1.82, 2.24) is 9.58 Å². The van der Waals surface area contributed by atoms with E-state index in [0.29, 0.717) is 26.2 Å². The Bertz CT molecular complexity index is 909. The van der Waals surface area contributed by atoms with Gasteiger partial charge in [0, 0.05) is 39.4 Å².